The van der Waals surface area contributed by atoms with Crippen LogP contribution in [0.5, 0.6) is 0 Å². The van der Waals surface area contributed by atoms with Crippen LogP contribution in [0.25, 0.3) is 0 Å². The largest absolute Gasteiger partial charge is 0.416 e. The van der Waals surface area contributed by atoms with Crippen molar-refractivity contribution in [1.82, 2.24) is 25.0 Å². The van der Waals surface area contributed by atoms with Gasteiger partial charge >= 0.3 is 6.18 Å². The van der Waals surface area contributed by atoms with Crippen LogP contribution >= 0.6 is 0 Å². The second kappa shape index (κ2) is 10.1. The fourth-order valence-corrected chi connectivity index (χ4v) is 7.31. The molecule has 3 fully saturated rings. The van der Waals surface area contributed by atoms with Crippen molar-refractivity contribution in [3.05, 3.63) is 76.4 Å². The van der Waals surface area contributed by atoms with Crippen LogP contribution in [0.15, 0.2) is 42.7 Å². The quantitative estimate of drug-likeness (QED) is 0.383. The number of carbonyl (C=O) groups is 1. The number of anilines is 1. The molecule has 1 atom stereocenters. The van der Waals surface area contributed by atoms with Gasteiger partial charge in [-0.05, 0) is 59.7 Å². The van der Waals surface area contributed by atoms with Crippen molar-refractivity contribution < 1.29 is 26.7 Å². The van der Waals surface area contributed by atoms with Crippen molar-refractivity contribution in [2.24, 2.45) is 13.0 Å². The average Bonchev–Trinajstić information content (AvgIpc) is 3.64. The number of benzene rings is 2. The molecule has 7 nitrogen and oxygen atoms in total. The first-order valence-corrected chi connectivity index (χ1v) is 14.7. The first-order valence-electron chi connectivity index (χ1n) is 14.7. The van der Waals surface area contributed by atoms with Gasteiger partial charge in [-0.2, -0.15) is 13.2 Å². The molecule has 0 spiro atoms. The van der Waals surface area contributed by atoms with Crippen molar-refractivity contribution in [3.63, 3.8) is 0 Å². The number of rotatable bonds is 7. The van der Waals surface area contributed by atoms with Crippen LogP contribution in [-0.4, -0.2) is 57.2 Å². The van der Waals surface area contributed by atoms with Crippen LogP contribution in [0.4, 0.5) is 27.6 Å². The monoisotopic (exact) mass is 600 g/mol. The van der Waals surface area contributed by atoms with Crippen molar-refractivity contribution >= 4 is 11.6 Å². The molecule has 2 saturated carbocycles. The van der Waals surface area contributed by atoms with Crippen LogP contribution in [0.1, 0.15) is 64.1 Å². The Morgan fingerprint density at radius 3 is 2.58 bits per heavy atom. The number of aromatic nitrogens is 3. The highest BCUT2D eigenvalue weighted by molar-refractivity contribution is 6.10. The molecule has 1 N–H and O–H groups in total. The van der Waals surface area contributed by atoms with E-state index in [1.165, 1.54) is 17.3 Å². The van der Waals surface area contributed by atoms with Gasteiger partial charge in [-0.15, -0.1) is 10.2 Å². The van der Waals surface area contributed by atoms with Gasteiger partial charge in [0.1, 0.15) is 12.2 Å². The fraction of sp³-hybridized carbons (Fsp3) is 0.516. The lowest BCUT2D eigenvalue weighted by Gasteiger charge is -2.48. The van der Waals surface area contributed by atoms with Crippen LogP contribution < -0.4 is 10.2 Å². The van der Waals surface area contributed by atoms with Gasteiger partial charge in [-0.1, -0.05) is 12.1 Å². The van der Waals surface area contributed by atoms with E-state index in [-0.39, 0.29) is 43.0 Å². The number of halogens is 5. The molecule has 12 heteroatoms. The number of hydrogen-bond acceptors (Lipinski definition) is 5. The number of nitrogens with one attached hydrogen (secondary N) is 1. The average molecular weight is 601 g/mol. The Morgan fingerprint density at radius 1 is 1.12 bits per heavy atom. The number of nitrogens with zero attached hydrogens (tertiary/aromatic N) is 5. The van der Waals surface area contributed by atoms with E-state index in [9.17, 15) is 26.7 Å². The Labute approximate surface area is 246 Å². The summed E-state index contributed by atoms with van der Waals surface area (Å²) in [5.74, 6) is -2.24. The molecule has 7 rings (SSSR count). The molecule has 43 heavy (non-hydrogen) atoms. The lowest BCUT2D eigenvalue weighted by atomic mass is 9.60. The maximum atomic E-state index is 14.4. The Kier molecular flexibility index (Phi) is 6.66. The van der Waals surface area contributed by atoms with Crippen LogP contribution in [0.3, 0.4) is 0 Å². The first-order chi connectivity index (χ1) is 20.4. The number of carbonyl (C=O) groups excluding carboxylic acids is 1. The van der Waals surface area contributed by atoms with Crippen molar-refractivity contribution in [2.45, 2.75) is 68.7 Å². The molecule has 228 valence electrons. The minimum atomic E-state index is -4.63. The molecule has 2 aliphatic carbocycles. The van der Waals surface area contributed by atoms with E-state index in [0.29, 0.717) is 35.1 Å². The third-order valence-electron chi connectivity index (χ3n) is 9.62. The Bertz CT molecular complexity index is 1560. The summed E-state index contributed by atoms with van der Waals surface area (Å²) in [5.41, 5.74) is -0.251. The lowest BCUT2D eigenvalue weighted by molar-refractivity contribution is -0.138. The van der Waals surface area contributed by atoms with E-state index >= 15 is 0 Å². The number of amides is 1. The second-order valence-electron chi connectivity index (χ2n) is 12.7. The maximum Gasteiger partial charge on any atom is 0.416 e. The van der Waals surface area contributed by atoms with E-state index in [1.807, 2.05) is 0 Å². The zero-order valence-corrected chi connectivity index (χ0v) is 23.8. The van der Waals surface area contributed by atoms with Crippen molar-refractivity contribution in [1.29, 1.82) is 0 Å². The third-order valence-corrected chi connectivity index (χ3v) is 9.62. The van der Waals surface area contributed by atoms with Gasteiger partial charge in [0, 0.05) is 75.2 Å². The van der Waals surface area contributed by atoms with Gasteiger partial charge in [0.05, 0.1) is 12.1 Å². The number of aryl methyl sites for hydroxylation is 1. The van der Waals surface area contributed by atoms with E-state index in [4.69, 9.17) is 0 Å². The fourth-order valence-electron chi connectivity index (χ4n) is 7.31. The number of piperazine rings is 1. The van der Waals surface area contributed by atoms with Gasteiger partial charge < -0.3 is 14.8 Å². The second-order valence-corrected chi connectivity index (χ2v) is 12.7. The summed E-state index contributed by atoms with van der Waals surface area (Å²) in [6.45, 7) is 2.43. The molecule has 3 heterocycles. The van der Waals surface area contributed by atoms with Crippen LogP contribution in [0, 0.1) is 5.92 Å². The molecule has 1 aromatic heterocycles. The highest BCUT2D eigenvalue weighted by atomic mass is 19.4. The molecule has 1 saturated heterocycles. The number of alkyl halides is 5. The summed E-state index contributed by atoms with van der Waals surface area (Å²) in [5, 5.41) is 11.3. The van der Waals surface area contributed by atoms with Crippen molar-refractivity contribution in [3.8, 4) is 0 Å². The van der Waals surface area contributed by atoms with E-state index in [1.54, 1.807) is 41.9 Å². The summed E-state index contributed by atoms with van der Waals surface area (Å²) < 4.78 is 73.5. The summed E-state index contributed by atoms with van der Waals surface area (Å²) in [6.07, 6.45) is -1.41. The van der Waals surface area contributed by atoms with Crippen LogP contribution in [0.2, 0.25) is 0 Å². The highest BCUT2D eigenvalue weighted by Gasteiger charge is 2.57. The Hall–Kier alpha value is -3.38. The molecule has 0 bridgehead atoms. The zero-order valence-electron chi connectivity index (χ0n) is 23.8. The van der Waals surface area contributed by atoms with Gasteiger partial charge in [-0.25, -0.2) is 8.78 Å². The zero-order chi connectivity index (χ0) is 30.1. The molecule has 0 unspecified atom stereocenters. The smallest absolute Gasteiger partial charge is 0.321 e. The van der Waals surface area contributed by atoms with Gasteiger partial charge in [-0.3, -0.25) is 9.69 Å². The summed E-state index contributed by atoms with van der Waals surface area (Å²) >= 11 is 0. The SMILES string of the molecule is Cn1cnnc1CC1(c2cccc(N3Cc4c(cc(CN5CCNC[C@H]5C5CC5)cc4C(F)(F)F)C3=O)c2)CC(F)(F)C1. The van der Waals surface area contributed by atoms with Gasteiger partial charge in [0.2, 0.25) is 5.92 Å². The van der Waals surface area contributed by atoms with E-state index < -0.39 is 29.0 Å². The number of hydrogen-bond donors (Lipinski definition) is 1. The normalized spacial score (nSPS) is 23.3. The van der Waals surface area contributed by atoms with E-state index in [0.717, 1.165) is 32.5 Å². The van der Waals surface area contributed by atoms with Crippen molar-refractivity contribution in [2.75, 3.05) is 24.5 Å². The third kappa shape index (κ3) is 5.22. The van der Waals surface area contributed by atoms with E-state index in [2.05, 4.69) is 20.4 Å². The van der Waals surface area contributed by atoms with Gasteiger partial charge in [0.15, 0.2) is 0 Å². The molecule has 4 aliphatic rings. The predicted octanol–water partition coefficient (Wildman–Crippen LogP) is 5.09. The molecular formula is C31H33F5N6O. The standard InChI is InChI=1S/C31H33F5N6O/c1-40-18-38-39-27(40)12-29(16-30(32,33)17-29)21-3-2-4-22(11-21)42-15-24-23(28(42)43)9-19(10-25(24)31(34,35)36)14-41-8-7-37-13-26(41)20-5-6-20/h2-4,9-11,18,20,26,37H,5-8,12-17H2,1H3/t26-/m0/s1. The number of fused-ring (bicyclic) bond motifs is 1. The molecule has 2 aromatic carbocycles. The summed E-state index contributed by atoms with van der Waals surface area (Å²) in [7, 11) is 1.75. The maximum absolute atomic E-state index is 14.4. The molecular weight excluding hydrogens is 567 g/mol. The molecule has 2 aliphatic heterocycles. The molecule has 0 radical (unpaired) electrons. The van der Waals surface area contributed by atoms with Crippen LogP contribution in [-0.2, 0) is 38.1 Å². The highest BCUT2D eigenvalue weighted by Crippen LogP contribution is 2.55. The summed E-state index contributed by atoms with van der Waals surface area (Å²) in [6, 6.07) is 9.83. The van der Waals surface area contributed by atoms with Gasteiger partial charge in [0.25, 0.3) is 5.91 Å². The molecule has 3 aromatic rings. The Balaban J connectivity index is 1.20. The lowest BCUT2D eigenvalue weighted by Crippen LogP contribution is -2.51. The Morgan fingerprint density at radius 2 is 1.91 bits per heavy atom. The minimum Gasteiger partial charge on any atom is -0.321 e. The minimum absolute atomic E-state index is 0.0466. The topological polar surface area (TPSA) is 66.3 Å². The summed E-state index contributed by atoms with van der Waals surface area (Å²) in [4.78, 5) is 17.3. The molecule has 1 amide bonds. The predicted molar refractivity (Wildman–Crippen MR) is 149 cm³/mol. The first kappa shape index (κ1) is 28.4.